The van der Waals surface area contributed by atoms with E-state index in [0.29, 0.717) is 31.1 Å². The van der Waals surface area contributed by atoms with Gasteiger partial charge < -0.3 is 54.0 Å². The molecule has 69 heavy (non-hydrogen) atoms. The number of esters is 2. The molecule has 0 unspecified atom stereocenters. The summed E-state index contributed by atoms with van der Waals surface area (Å²) >= 11 is 0. The van der Waals surface area contributed by atoms with E-state index in [1.807, 2.05) is 6.92 Å². The quantitative estimate of drug-likeness (QED) is 0.0512. The monoisotopic (exact) mass is 956 g/mol. The van der Waals surface area contributed by atoms with Gasteiger partial charge in [0.15, 0.2) is 22.3 Å². The number of carbonyl (C=O) groups excluding carboxylic acids is 3. The topological polar surface area (TPSA) is 231 Å². The van der Waals surface area contributed by atoms with Crippen LogP contribution in [0.2, 0.25) is 0 Å². The van der Waals surface area contributed by atoms with Crippen molar-refractivity contribution >= 4 is 62.2 Å². The van der Waals surface area contributed by atoms with Gasteiger partial charge in [0.05, 0.1) is 36.6 Å². The average Bonchev–Trinajstić information content (AvgIpc) is 3.31. The molecule has 17 heteroatoms. The summed E-state index contributed by atoms with van der Waals surface area (Å²) in [6, 6.07) is 3.28. The van der Waals surface area contributed by atoms with Gasteiger partial charge in [0.25, 0.3) is 5.91 Å². The first-order valence-electron chi connectivity index (χ1n) is 23.7. The zero-order valence-corrected chi connectivity index (χ0v) is 41.5. The number of aliphatic hydroxyl groups excluding tert-OH is 2. The second kappa shape index (κ2) is 22.2. The number of nitrogens with one attached hydrogen (secondary N) is 1. The summed E-state index contributed by atoms with van der Waals surface area (Å²) in [5.74, 6) is -5.58. The number of phenolic OH excluding ortho intramolecular Hbond substituents is 2. The maximum absolute atomic E-state index is 14.7. The van der Waals surface area contributed by atoms with Crippen molar-refractivity contribution in [1.29, 1.82) is 0 Å². The number of piperazine rings is 1. The molecule has 3 aromatic carbocycles. The number of phenols is 2. The molecule has 0 saturated carbocycles. The van der Waals surface area contributed by atoms with E-state index in [1.54, 1.807) is 52.0 Å². The normalized spacial score (nSPS) is 26.5. The van der Waals surface area contributed by atoms with Crippen molar-refractivity contribution in [1.82, 2.24) is 9.88 Å². The smallest absolute Gasteiger partial charge is 0.347 e. The molecule has 0 spiro atoms. The van der Waals surface area contributed by atoms with Gasteiger partial charge in [0.2, 0.25) is 0 Å². The number of rotatable bonds is 8. The lowest BCUT2D eigenvalue weighted by molar-refractivity contribution is -0.160. The molecule has 17 nitrogen and oxygen atoms in total. The van der Waals surface area contributed by atoms with E-state index < -0.39 is 82.5 Å². The largest absolute Gasteiger partial charge is 0.505 e. The summed E-state index contributed by atoms with van der Waals surface area (Å²) in [7, 11) is 1.42. The van der Waals surface area contributed by atoms with E-state index in [0.717, 1.165) is 25.9 Å². The van der Waals surface area contributed by atoms with Crippen molar-refractivity contribution in [2.24, 2.45) is 29.6 Å². The number of cyclic esters (lactones) is 1. The van der Waals surface area contributed by atoms with Crippen LogP contribution in [-0.2, 0) is 23.8 Å². The van der Waals surface area contributed by atoms with Crippen LogP contribution in [0.15, 0.2) is 57.5 Å². The molecule has 0 radical (unpaired) electrons. The Morgan fingerprint density at radius 3 is 2.28 bits per heavy atom. The van der Waals surface area contributed by atoms with E-state index in [2.05, 4.69) is 29.0 Å². The van der Waals surface area contributed by atoms with Crippen molar-refractivity contribution in [2.75, 3.05) is 56.7 Å². The number of carbonyl (C=O) groups is 3. The van der Waals surface area contributed by atoms with Gasteiger partial charge in [0, 0.05) is 105 Å². The number of nitrogens with zero attached hydrogens (tertiary/aromatic N) is 3. The molecule has 5 N–H and O–H groups in total. The summed E-state index contributed by atoms with van der Waals surface area (Å²) in [6.45, 7) is 21.3. The average molecular weight is 957 g/mol. The molecule has 0 aliphatic carbocycles. The minimum atomic E-state index is -1.16. The molecular formula is C52H68N4O13. The number of fused-ring (bicyclic) bond motifs is 1. The summed E-state index contributed by atoms with van der Waals surface area (Å²) in [6.07, 6.45) is 3.71. The zero-order valence-electron chi connectivity index (χ0n) is 41.5. The van der Waals surface area contributed by atoms with Crippen LogP contribution in [0, 0.1) is 36.5 Å². The van der Waals surface area contributed by atoms with E-state index >= 15 is 0 Å². The van der Waals surface area contributed by atoms with Crippen molar-refractivity contribution < 1.29 is 58.2 Å². The number of ether oxygens (including phenoxy) is 4. The second-order valence-electron chi connectivity index (χ2n) is 19.0. The number of anilines is 2. The lowest BCUT2D eigenvalue weighted by Crippen LogP contribution is -2.47. The molecule has 2 aliphatic heterocycles. The third-order valence-corrected chi connectivity index (χ3v) is 13.4. The van der Waals surface area contributed by atoms with Gasteiger partial charge in [-0.25, -0.2) is 9.78 Å². The SMILES string of the molecule is CCCOc1c(C)c(=O)c2c(O)c3c4oc5cc(N6CCN(CC(C)C)CC6)cc(O)c5nc4c2c1C(=O)O/C=C/[C@H](OC)[C@@H](C)[C@@H](OC(C)=O)[C@H](C)[C@H](O)[C@H](C)[C@@H](O)[C@@H](C)/C=C/C=C(/C)C(=O)N3. The number of aromatic hydroxyl groups is 2. The van der Waals surface area contributed by atoms with Crippen molar-refractivity contribution in [3.05, 3.63) is 69.6 Å². The van der Waals surface area contributed by atoms with Gasteiger partial charge in [-0.15, -0.1) is 0 Å². The highest BCUT2D eigenvalue weighted by atomic mass is 16.6. The number of aliphatic hydroxyl groups is 2. The Hall–Kier alpha value is -6.01. The van der Waals surface area contributed by atoms with Crippen molar-refractivity contribution in [2.45, 2.75) is 100 Å². The van der Waals surface area contributed by atoms with E-state index in [9.17, 15) is 39.6 Å². The summed E-state index contributed by atoms with van der Waals surface area (Å²) in [5, 5.41) is 49.1. The maximum Gasteiger partial charge on any atom is 0.347 e. The van der Waals surface area contributed by atoms with E-state index in [4.69, 9.17) is 28.3 Å². The Morgan fingerprint density at radius 2 is 1.64 bits per heavy atom. The maximum atomic E-state index is 14.7. The molecule has 1 fully saturated rings. The number of amides is 1. The second-order valence-corrected chi connectivity index (χ2v) is 19.0. The summed E-state index contributed by atoms with van der Waals surface area (Å²) in [5.41, 5.74) is -0.952. The highest BCUT2D eigenvalue weighted by Crippen LogP contribution is 2.46. The van der Waals surface area contributed by atoms with Gasteiger partial charge in [-0.1, -0.05) is 66.7 Å². The third kappa shape index (κ3) is 11.1. The molecule has 6 rings (SSSR count). The van der Waals surface area contributed by atoms with Crippen LogP contribution in [0.3, 0.4) is 0 Å². The highest BCUT2D eigenvalue weighted by molar-refractivity contribution is 6.23. The molecule has 8 atom stereocenters. The minimum absolute atomic E-state index is 0.0278. The lowest BCUT2D eigenvalue weighted by atomic mass is 9.78. The number of hydrogen-bond donors (Lipinski definition) is 5. The number of aromatic nitrogens is 1. The molecule has 3 heterocycles. The number of allylic oxidation sites excluding steroid dienone is 2. The van der Waals surface area contributed by atoms with E-state index in [1.165, 1.54) is 40.0 Å². The number of benzene rings is 3. The van der Waals surface area contributed by atoms with Crippen LogP contribution in [0.1, 0.15) is 84.7 Å². The number of hydrogen-bond acceptors (Lipinski definition) is 16. The fourth-order valence-electron chi connectivity index (χ4n) is 9.45. The molecule has 1 aromatic heterocycles. The van der Waals surface area contributed by atoms with Gasteiger partial charge >= 0.3 is 11.9 Å². The zero-order chi connectivity index (χ0) is 50.6. The Balaban J connectivity index is 1.63. The van der Waals surface area contributed by atoms with Gasteiger partial charge in [-0.3, -0.25) is 19.3 Å². The third-order valence-electron chi connectivity index (χ3n) is 13.4. The molecule has 2 aliphatic rings. The first-order valence-corrected chi connectivity index (χ1v) is 23.7. The van der Waals surface area contributed by atoms with Crippen molar-refractivity contribution in [3.63, 3.8) is 0 Å². The fraction of sp³-hybridized carbons (Fsp3) is 0.519. The van der Waals surface area contributed by atoms with Crippen LogP contribution in [0.4, 0.5) is 11.4 Å². The molecule has 2 bridgehead atoms. The first kappa shape index (κ1) is 52.4. The Morgan fingerprint density at radius 1 is 0.942 bits per heavy atom. The van der Waals surface area contributed by atoms with Gasteiger partial charge in [-0.2, -0.15) is 0 Å². The van der Waals surface area contributed by atoms with Crippen LogP contribution < -0.4 is 20.4 Å². The van der Waals surface area contributed by atoms with Gasteiger partial charge in [0.1, 0.15) is 39.9 Å². The first-order chi connectivity index (χ1) is 32.7. The fourth-order valence-corrected chi connectivity index (χ4v) is 9.45. The van der Waals surface area contributed by atoms with Crippen LogP contribution >= 0.6 is 0 Å². The predicted octanol–water partition coefficient (Wildman–Crippen LogP) is 7.12. The highest BCUT2D eigenvalue weighted by Gasteiger charge is 2.40. The minimum Gasteiger partial charge on any atom is -0.505 e. The van der Waals surface area contributed by atoms with Gasteiger partial charge in [-0.05, 0) is 32.3 Å². The van der Waals surface area contributed by atoms with Crippen molar-refractivity contribution in [3.8, 4) is 17.2 Å². The van der Waals surface area contributed by atoms with Crippen LogP contribution in [0.25, 0.3) is 33.0 Å². The Labute approximate surface area is 402 Å². The molecule has 1 amide bonds. The molecule has 4 aromatic rings. The van der Waals surface area contributed by atoms with Crippen LogP contribution in [-0.4, -0.2) is 119 Å². The summed E-state index contributed by atoms with van der Waals surface area (Å²) < 4.78 is 30.1. The molecule has 1 saturated heterocycles. The molecule has 374 valence electrons. The predicted molar refractivity (Wildman–Crippen MR) is 264 cm³/mol. The summed E-state index contributed by atoms with van der Waals surface area (Å²) in [4.78, 5) is 65.2. The standard InChI is InChI=1S/C52H68N4O13/c1-12-21-66-49-32(9)46(61)39-38-40(49)52(64)67-22-16-36(65-11)29(6)48(68-33(10)57)31(8)45(60)30(7)44(59)27(4)14-13-15-28(5)51(63)54-43(47(39)62)50-42(38)53-41-35(58)23-34(24-37(41)69-50)56-19-17-55(18-20-56)25-26(2)3/h13-16,22-24,26-27,29-31,36,44-45,48,58-60,62H,12,17-21,25H2,1-11H3,(H,54,63)/b14-13+,22-16+,28-15-/t27-,29+,30+,31+,36-,44-,45+,48+/m0/s1. The number of methoxy groups -OCH3 is 1. The molecular weight excluding hydrogens is 889 g/mol. The Bertz CT molecular complexity index is 2720. The van der Waals surface area contributed by atoms with Crippen LogP contribution in [0.5, 0.6) is 17.2 Å². The lowest BCUT2D eigenvalue weighted by Gasteiger charge is -2.38. The Kier molecular flexibility index (Phi) is 16.8. The van der Waals surface area contributed by atoms with E-state index in [-0.39, 0.29) is 68.1 Å².